The molecule has 2 aromatic rings. The maximum Gasteiger partial charge on any atom is 0.169 e. The zero-order valence-electron chi connectivity index (χ0n) is 18.1. The van der Waals surface area contributed by atoms with Crippen molar-refractivity contribution >= 4 is 17.3 Å². The van der Waals surface area contributed by atoms with Gasteiger partial charge < -0.3 is 19.7 Å². The zero-order valence-corrected chi connectivity index (χ0v) is 18.9. The summed E-state index contributed by atoms with van der Waals surface area (Å²) in [6.45, 7) is 9.29. The topological polar surface area (TPSA) is 37.0 Å². The highest BCUT2D eigenvalue weighted by molar-refractivity contribution is 7.80. The van der Waals surface area contributed by atoms with Gasteiger partial charge in [0, 0.05) is 39.3 Å². The van der Waals surface area contributed by atoms with Gasteiger partial charge in [0.1, 0.15) is 5.75 Å². The van der Waals surface area contributed by atoms with E-state index in [2.05, 4.69) is 58.4 Å². The predicted octanol–water partition coefficient (Wildman–Crippen LogP) is 3.60. The molecule has 0 amide bonds. The van der Waals surface area contributed by atoms with E-state index >= 15 is 0 Å². The largest absolute Gasteiger partial charge is 0.497 e. The molecule has 1 fully saturated rings. The zero-order chi connectivity index (χ0) is 21.2. The summed E-state index contributed by atoms with van der Waals surface area (Å²) in [5, 5.41) is 4.24. The van der Waals surface area contributed by atoms with E-state index < -0.39 is 0 Å². The minimum Gasteiger partial charge on any atom is -0.497 e. The number of nitrogens with zero attached hydrogens (tertiary/aromatic N) is 2. The Morgan fingerprint density at radius 1 is 1.13 bits per heavy atom. The number of morpholine rings is 1. The smallest absolute Gasteiger partial charge is 0.169 e. The molecule has 0 atom stereocenters. The lowest BCUT2D eigenvalue weighted by molar-refractivity contribution is 0.0367. The Bertz CT molecular complexity index is 791. The minimum absolute atomic E-state index is 0.733. The molecule has 0 saturated carbocycles. The fraction of sp³-hybridized carbons (Fsp3) is 0.458. The fourth-order valence-electron chi connectivity index (χ4n) is 3.55. The van der Waals surface area contributed by atoms with Crippen molar-refractivity contribution in [3.8, 4) is 5.75 Å². The second kappa shape index (κ2) is 11.9. The quantitative estimate of drug-likeness (QED) is 0.617. The highest BCUT2D eigenvalue weighted by atomic mass is 32.1. The molecule has 0 bridgehead atoms. The van der Waals surface area contributed by atoms with Crippen LogP contribution in [0.15, 0.2) is 48.5 Å². The normalized spacial score (nSPS) is 14.3. The summed E-state index contributed by atoms with van der Waals surface area (Å²) >= 11 is 5.78. The SMILES string of the molecule is COc1cccc(CN(CCCN2CCOCC2)C(=S)NCc2ccc(C)cc2)c1. The van der Waals surface area contributed by atoms with E-state index in [0.29, 0.717) is 0 Å². The summed E-state index contributed by atoms with van der Waals surface area (Å²) in [5.41, 5.74) is 3.70. The van der Waals surface area contributed by atoms with E-state index in [-0.39, 0.29) is 0 Å². The average Bonchev–Trinajstić information content (AvgIpc) is 2.78. The van der Waals surface area contributed by atoms with Gasteiger partial charge in [-0.05, 0) is 48.8 Å². The summed E-state index contributed by atoms with van der Waals surface area (Å²) in [4.78, 5) is 4.73. The van der Waals surface area contributed by atoms with Crippen LogP contribution in [0.1, 0.15) is 23.1 Å². The molecular formula is C24H33N3O2S. The van der Waals surface area contributed by atoms with Crippen molar-refractivity contribution in [3.63, 3.8) is 0 Å². The third kappa shape index (κ3) is 7.27. The molecule has 162 valence electrons. The molecule has 3 rings (SSSR count). The molecule has 1 saturated heterocycles. The number of aryl methyl sites for hydroxylation is 1. The first-order valence-corrected chi connectivity index (χ1v) is 11.1. The molecule has 0 spiro atoms. The van der Waals surface area contributed by atoms with Gasteiger partial charge in [-0.25, -0.2) is 0 Å². The molecular weight excluding hydrogens is 394 g/mol. The van der Waals surface area contributed by atoms with E-state index in [0.717, 1.165) is 69.8 Å². The summed E-state index contributed by atoms with van der Waals surface area (Å²) in [7, 11) is 1.70. The highest BCUT2D eigenvalue weighted by Gasteiger charge is 2.14. The van der Waals surface area contributed by atoms with Crippen molar-refractivity contribution in [2.24, 2.45) is 0 Å². The molecule has 0 radical (unpaired) electrons. The summed E-state index contributed by atoms with van der Waals surface area (Å²) in [6, 6.07) is 16.8. The first-order chi connectivity index (χ1) is 14.6. The van der Waals surface area contributed by atoms with Crippen LogP contribution < -0.4 is 10.1 Å². The van der Waals surface area contributed by atoms with Gasteiger partial charge in [-0.2, -0.15) is 0 Å². The maximum absolute atomic E-state index is 5.78. The predicted molar refractivity (Wildman–Crippen MR) is 126 cm³/mol. The second-order valence-corrected chi connectivity index (χ2v) is 8.11. The Kier molecular flexibility index (Phi) is 8.93. The van der Waals surface area contributed by atoms with Crippen LogP contribution in [0.4, 0.5) is 0 Å². The van der Waals surface area contributed by atoms with Crippen molar-refractivity contribution in [1.82, 2.24) is 15.1 Å². The lowest BCUT2D eigenvalue weighted by atomic mass is 10.1. The van der Waals surface area contributed by atoms with Crippen LogP contribution in [0, 0.1) is 6.92 Å². The van der Waals surface area contributed by atoms with Crippen molar-refractivity contribution in [2.75, 3.05) is 46.5 Å². The number of benzene rings is 2. The first kappa shape index (κ1) is 22.5. The van der Waals surface area contributed by atoms with Gasteiger partial charge in [-0.15, -0.1) is 0 Å². The Balaban J connectivity index is 1.59. The lowest BCUT2D eigenvalue weighted by Gasteiger charge is -2.30. The monoisotopic (exact) mass is 427 g/mol. The fourth-order valence-corrected chi connectivity index (χ4v) is 3.78. The van der Waals surface area contributed by atoms with Gasteiger partial charge in [-0.3, -0.25) is 4.90 Å². The maximum atomic E-state index is 5.78. The van der Waals surface area contributed by atoms with Crippen LogP contribution in [0.3, 0.4) is 0 Å². The molecule has 30 heavy (non-hydrogen) atoms. The minimum atomic E-state index is 0.733. The molecule has 1 heterocycles. The molecule has 1 aliphatic heterocycles. The average molecular weight is 428 g/mol. The Morgan fingerprint density at radius 2 is 1.90 bits per heavy atom. The van der Waals surface area contributed by atoms with E-state index in [4.69, 9.17) is 21.7 Å². The number of hydrogen-bond donors (Lipinski definition) is 1. The number of thiocarbonyl (C=S) groups is 1. The lowest BCUT2D eigenvalue weighted by Crippen LogP contribution is -2.42. The second-order valence-electron chi connectivity index (χ2n) is 7.72. The third-order valence-electron chi connectivity index (χ3n) is 5.37. The van der Waals surface area contributed by atoms with Crippen molar-refractivity contribution in [2.45, 2.75) is 26.4 Å². The highest BCUT2D eigenvalue weighted by Crippen LogP contribution is 2.15. The van der Waals surface area contributed by atoms with Gasteiger partial charge in [0.25, 0.3) is 0 Å². The number of rotatable bonds is 9. The van der Waals surface area contributed by atoms with Crippen LogP contribution in [0.25, 0.3) is 0 Å². The molecule has 1 N–H and O–H groups in total. The van der Waals surface area contributed by atoms with Crippen molar-refractivity contribution in [1.29, 1.82) is 0 Å². The standard InChI is InChI=1S/C24H33N3O2S/c1-20-7-9-21(10-8-20)18-25-24(30)27(12-4-11-26-13-15-29-16-14-26)19-22-5-3-6-23(17-22)28-2/h3,5-10,17H,4,11-16,18-19H2,1-2H3,(H,25,30). The molecule has 1 aliphatic rings. The molecule has 6 heteroatoms. The summed E-state index contributed by atoms with van der Waals surface area (Å²) in [5.74, 6) is 0.874. The number of ether oxygens (including phenoxy) is 2. The third-order valence-corrected chi connectivity index (χ3v) is 5.77. The van der Waals surface area contributed by atoms with Crippen LogP contribution in [-0.2, 0) is 17.8 Å². The van der Waals surface area contributed by atoms with Gasteiger partial charge in [0.2, 0.25) is 0 Å². The van der Waals surface area contributed by atoms with Crippen LogP contribution >= 0.6 is 12.2 Å². The Morgan fingerprint density at radius 3 is 2.63 bits per heavy atom. The Hall–Kier alpha value is -2.15. The molecule has 0 unspecified atom stereocenters. The number of hydrogen-bond acceptors (Lipinski definition) is 4. The summed E-state index contributed by atoms with van der Waals surface area (Å²) in [6.07, 6.45) is 1.07. The first-order valence-electron chi connectivity index (χ1n) is 10.7. The van der Waals surface area contributed by atoms with Gasteiger partial charge in [0.05, 0.1) is 20.3 Å². The van der Waals surface area contributed by atoms with E-state index in [1.54, 1.807) is 7.11 Å². The van der Waals surface area contributed by atoms with E-state index in [1.807, 2.05) is 12.1 Å². The van der Waals surface area contributed by atoms with Gasteiger partial charge >= 0.3 is 0 Å². The van der Waals surface area contributed by atoms with Crippen LogP contribution in [0.2, 0.25) is 0 Å². The van der Waals surface area contributed by atoms with Gasteiger partial charge in [-0.1, -0.05) is 42.0 Å². The van der Waals surface area contributed by atoms with Crippen LogP contribution in [-0.4, -0.2) is 61.4 Å². The van der Waals surface area contributed by atoms with E-state index in [9.17, 15) is 0 Å². The van der Waals surface area contributed by atoms with Gasteiger partial charge in [0.15, 0.2) is 5.11 Å². The van der Waals surface area contributed by atoms with Crippen molar-refractivity contribution < 1.29 is 9.47 Å². The number of methoxy groups -OCH3 is 1. The molecule has 0 aliphatic carbocycles. The molecule has 5 nitrogen and oxygen atoms in total. The number of nitrogens with one attached hydrogen (secondary N) is 1. The molecule has 2 aromatic carbocycles. The van der Waals surface area contributed by atoms with Crippen molar-refractivity contribution in [3.05, 3.63) is 65.2 Å². The molecule has 0 aromatic heterocycles. The van der Waals surface area contributed by atoms with E-state index in [1.165, 1.54) is 16.7 Å². The Labute approximate surface area is 186 Å². The summed E-state index contributed by atoms with van der Waals surface area (Å²) < 4.78 is 10.8. The van der Waals surface area contributed by atoms with Crippen LogP contribution in [0.5, 0.6) is 5.75 Å².